The van der Waals surface area contributed by atoms with Crippen molar-refractivity contribution in [2.24, 2.45) is 0 Å². The number of barbiturate groups is 1. The third kappa shape index (κ3) is 4.62. The van der Waals surface area contributed by atoms with Gasteiger partial charge >= 0.3 is 6.03 Å². The Morgan fingerprint density at radius 1 is 1.09 bits per heavy atom. The van der Waals surface area contributed by atoms with Gasteiger partial charge in [0.1, 0.15) is 29.5 Å². The summed E-state index contributed by atoms with van der Waals surface area (Å²) in [6.45, 7) is -0.175. The van der Waals surface area contributed by atoms with E-state index in [-0.39, 0.29) is 18.7 Å². The van der Waals surface area contributed by atoms with Gasteiger partial charge < -0.3 is 9.15 Å². The van der Waals surface area contributed by atoms with E-state index >= 15 is 0 Å². The molecule has 1 aliphatic rings. The molecule has 0 radical (unpaired) electrons. The molecule has 2 heterocycles. The predicted octanol–water partition coefficient (Wildman–Crippen LogP) is 4.42. The van der Waals surface area contributed by atoms with Gasteiger partial charge in [-0.1, -0.05) is 34.1 Å². The third-order valence-electron chi connectivity index (χ3n) is 4.69. The Morgan fingerprint density at radius 2 is 1.91 bits per heavy atom. The Hall–Kier alpha value is -3.72. The maximum Gasteiger partial charge on any atom is 0.331 e. The highest BCUT2D eigenvalue weighted by molar-refractivity contribution is 9.10. The number of imide groups is 2. The number of hydrogen-bond donors (Lipinski definition) is 1. The molecule has 1 aliphatic heterocycles. The number of nitrogens with zero attached hydrogens (tertiary/aromatic N) is 1. The number of urea groups is 1. The first-order valence-corrected chi connectivity index (χ1v) is 10.3. The summed E-state index contributed by atoms with van der Waals surface area (Å²) in [7, 11) is 0. The lowest BCUT2D eigenvalue weighted by Gasteiger charge is -2.25. The van der Waals surface area contributed by atoms with Crippen LogP contribution in [-0.4, -0.2) is 22.7 Å². The number of rotatable bonds is 6. The summed E-state index contributed by atoms with van der Waals surface area (Å²) in [5.41, 5.74) is 0.516. The molecule has 9 heteroatoms. The number of furan rings is 1. The van der Waals surface area contributed by atoms with Crippen LogP contribution in [0, 0.1) is 5.82 Å². The zero-order valence-corrected chi connectivity index (χ0v) is 18.1. The number of halogens is 2. The zero-order valence-electron chi connectivity index (χ0n) is 16.5. The Labute approximate surface area is 190 Å². The van der Waals surface area contributed by atoms with Crippen LogP contribution in [0.15, 0.2) is 75.3 Å². The van der Waals surface area contributed by atoms with Crippen molar-refractivity contribution in [3.05, 3.63) is 93.6 Å². The Bertz CT molecular complexity index is 1220. The van der Waals surface area contributed by atoms with E-state index in [4.69, 9.17) is 9.15 Å². The van der Waals surface area contributed by atoms with Crippen LogP contribution in [0.2, 0.25) is 0 Å². The molecule has 162 valence electrons. The lowest BCUT2D eigenvalue weighted by molar-refractivity contribution is -0.130. The van der Waals surface area contributed by atoms with Crippen molar-refractivity contribution >= 4 is 39.9 Å². The number of amides is 4. The summed E-state index contributed by atoms with van der Waals surface area (Å²) >= 11 is 3.35. The van der Waals surface area contributed by atoms with Crippen molar-refractivity contribution in [1.29, 1.82) is 0 Å². The molecule has 1 saturated heterocycles. The van der Waals surface area contributed by atoms with Gasteiger partial charge in [0.05, 0.1) is 12.8 Å². The molecule has 1 aromatic heterocycles. The van der Waals surface area contributed by atoms with Crippen molar-refractivity contribution in [2.45, 2.75) is 13.2 Å². The lowest BCUT2D eigenvalue weighted by atomic mass is 10.1. The molecule has 4 amide bonds. The first kappa shape index (κ1) is 21.5. The summed E-state index contributed by atoms with van der Waals surface area (Å²) in [4.78, 5) is 38.4. The van der Waals surface area contributed by atoms with Crippen LogP contribution in [0.3, 0.4) is 0 Å². The number of hydrogen-bond acceptors (Lipinski definition) is 5. The van der Waals surface area contributed by atoms with Gasteiger partial charge in [0.2, 0.25) is 0 Å². The monoisotopic (exact) mass is 498 g/mol. The van der Waals surface area contributed by atoms with E-state index < -0.39 is 23.7 Å². The van der Waals surface area contributed by atoms with E-state index in [0.717, 1.165) is 4.90 Å². The Kier molecular flexibility index (Phi) is 6.18. The van der Waals surface area contributed by atoms with E-state index in [9.17, 15) is 18.8 Å². The minimum atomic E-state index is -0.834. The van der Waals surface area contributed by atoms with Crippen molar-refractivity contribution in [1.82, 2.24) is 10.2 Å². The lowest BCUT2D eigenvalue weighted by Crippen LogP contribution is -2.53. The number of benzene rings is 2. The topological polar surface area (TPSA) is 88.9 Å². The molecule has 0 saturated carbocycles. The molecular formula is C23H16BrFN2O5. The fraction of sp³-hybridized carbons (Fsp3) is 0.0870. The molecule has 7 nitrogen and oxygen atoms in total. The van der Waals surface area contributed by atoms with Crippen molar-refractivity contribution in [3.63, 3.8) is 0 Å². The highest BCUT2D eigenvalue weighted by Crippen LogP contribution is 2.28. The number of carbonyl (C=O) groups excluding carboxylic acids is 3. The molecule has 0 atom stereocenters. The summed E-state index contributed by atoms with van der Waals surface area (Å²) in [5, 5.41) is 2.16. The van der Waals surface area contributed by atoms with Gasteiger partial charge in [-0.25, -0.2) is 9.18 Å². The van der Waals surface area contributed by atoms with Crippen LogP contribution in [0.5, 0.6) is 5.75 Å². The van der Waals surface area contributed by atoms with Crippen LogP contribution >= 0.6 is 15.9 Å². The number of ether oxygens (including phenoxy) is 1. The van der Waals surface area contributed by atoms with Crippen molar-refractivity contribution < 1.29 is 27.9 Å². The maximum absolute atomic E-state index is 13.9. The van der Waals surface area contributed by atoms with E-state index in [1.807, 2.05) is 0 Å². The third-order valence-corrected chi connectivity index (χ3v) is 5.19. The zero-order chi connectivity index (χ0) is 22.7. The largest absolute Gasteiger partial charge is 0.488 e. The van der Waals surface area contributed by atoms with Crippen LogP contribution in [0.1, 0.15) is 16.9 Å². The second-order valence-corrected chi connectivity index (χ2v) is 7.77. The molecular weight excluding hydrogens is 483 g/mol. The average molecular weight is 499 g/mol. The van der Waals surface area contributed by atoms with Crippen molar-refractivity contribution in [2.75, 3.05) is 0 Å². The van der Waals surface area contributed by atoms with Gasteiger partial charge in [0.15, 0.2) is 0 Å². The highest BCUT2D eigenvalue weighted by Gasteiger charge is 2.36. The second-order valence-electron chi connectivity index (χ2n) is 6.85. The van der Waals surface area contributed by atoms with Crippen LogP contribution < -0.4 is 10.1 Å². The number of nitrogens with one attached hydrogen (secondary N) is 1. The van der Waals surface area contributed by atoms with Gasteiger partial charge in [-0.3, -0.25) is 19.8 Å². The van der Waals surface area contributed by atoms with Gasteiger partial charge in [-0.15, -0.1) is 0 Å². The number of carbonyl (C=O) groups is 3. The molecule has 32 heavy (non-hydrogen) atoms. The maximum atomic E-state index is 13.9. The van der Waals surface area contributed by atoms with Gasteiger partial charge in [-0.05, 0) is 42.5 Å². The van der Waals surface area contributed by atoms with E-state index in [1.54, 1.807) is 48.5 Å². The smallest absolute Gasteiger partial charge is 0.331 e. The minimum absolute atomic E-state index is 0.0479. The van der Waals surface area contributed by atoms with Gasteiger partial charge in [-0.2, -0.15) is 0 Å². The van der Waals surface area contributed by atoms with Crippen LogP contribution in [0.25, 0.3) is 6.08 Å². The van der Waals surface area contributed by atoms with E-state index in [0.29, 0.717) is 27.1 Å². The molecule has 0 aliphatic carbocycles. The molecule has 2 aromatic carbocycles. The molecule has 0 bridgehead atoms. The van der Waals surface area contributed by atoms with Crippen molar-refractivity contribution in [3.8, 4) is 5.75 Å². The minimum Gasteiger partial charge on any atom is -0.488 e. The molecule has 4 rings (SSSR count). The van der Waals surface area contributed by atoms with Crippen LogP contribution in [0.4, 0.5) is 9.18 Å². The van der Waals surface area contributed by atoms with Gasteiger partial charge in [0, 0.05) is 15.6 Å². The highest BCUT2D eigenvalue weighted by atomic mass is 79.9. The molecule has 1 N–H and O–H groups in total. The Morgan fingerprint density at radius 3 is 2.66 bits per heavy atom. The molecule has 0 spiro atoms. The standard InChI is InChI=1S/C23H16BrFN2O5/c24-16-7-8-20(32-13-14-4-1-2-6-19(14)25)15(10-16)11-18-21(28)26-23(30)27(22(18)29)12-17-5-3-9-31-17/h1-11H,12-13H2,(H,26,28,30)/b18-11+. The summed E-state index contributed by atoms with van der Waals surface area (Å²) in [6.07, 6.45) is 2.75. The first-order valence-electron chi connectivity index (χ1n) is 9.49. The SMILES string of the molecule is O=C1NC(=O)N(Cc2ccco2)C(=O)/C1=C/c1cc(Br)ccc1OCc1ccccc1F. The average Bonchev–Trinajstić information content (AvgIpc) is 3.28. The molecule has 3 aromatic rings. The first-order chi connectivity index (χ1) is 15.4. The summed E-state index contributed by atoms with van der Waals surface area (Å²) < 4.78 is 25.6. The fourth-order valence-corrected chi connectivity index (χ4v) is 3.46. The molecule has 1 fully saturated rings. The second kappa shape index (κ2) is 9.19. The summed E-state index contributed by atoms with van der Waals surface area (Å²) in [6, 6.07) is 13.6. The van der Waals surface area contributed by atoms with Gasteiger partial charge in [0.25, 0.3) is 11.8 Å². The quantitative estimate of drug-likeness (QED) is 0.401. The van der Waals surface area contributed by atoms with Crippen LogP contribution in [-0.2, 0) is 22.7 Å². The van der Waals surface area contributed by atoms with E-state index in [2.05, 4.69) is 21.2 Å². The predicted molar refractivity (Wildman–Crippen MR) is 116 cm³/mol. The normalized spacial score (nSPS) is 15.2. The summed E-state index contributed by atoms with van der Waals surface area (Å²) in [5.74, 6) is -1.28. The Balaban J connectivity index is 1.63. The fourth-order valence-electron chi connectivity index (χ4n) is 3.09. The molecule has 0 unspecified atom stereocenters. The van der Waals surface area contributed by atoms with E-state index in [1.165, 1.54) is 18.4 Å².